The Balaban J connectivity index is 1.64. The van der Waals surface area contributed by atoms with Gasteiger partial charge < -0.3 is 19.9 Å². The van der Waals surface area contributed by atoms with Crippen molar-refractivity contribution in [3.8, 4) is 0 Å². The maximum absolute atomic E-state index is 12.4. The Morgan fingerprint density at radius 2 is 2.00 bits per heavy atom. The lowest BCUT2D eigenvalue weighted by Crippen LogP contribution is -2.45. The Morgan fingerprint density at radius 1 is 1.28 bits per heavy atom. The highest BCUT2D eigenvalue weighted by molar-refractivity contribution is 7.08. The Kier molecular flexibility index (Phi) is 9.11. The van der Waals surface area contributed by atoms with Crippen LogP contribution in [0.2, 0.25) is 0 Å². The van der Waals surface area contributed by atoms with Crippen molar-refractivity contribution in [3.05, 3.63) is 22.4 Å². The van der Waals surface area contributed by atoms with Crippen LogP contribution in [0.4, 0.5) is 0 Å². The van der Waals surface area contributed by atoms with Crippen molar-refractivity contribution in [1.82, 2.24) is 15.1 Å². The lowest BCUT2D eigenvalue weighted by molar-refractivity contribution is -0.151. The third-order valence-corrected chi connectivity index (χ3v) is 5.59. The molecule has 1 aliphatic heterocycles. The second-order valence-electron chi connectivity index (χ2n) is 7.03. The van der Waals surface area contributed by atoms with Crippen LogP contribution in [-0.4, -0.2) is 73.3 Å². The topological polar surface area (TPSA) is 96.0 Å². The monoisotopic (exact) mass is 423 g/mol. The van der Waals surface area contributed by atoms with E-state index in [0.717, 1.165) is 0 Å². The van der Waals surface area contributed by atoms with Crippen LogP contribution in [0.15, 0.2) is 16.8 Å². The summed E-state index contributed by atoms with van der Waals surface area (Å²) in [6.07, 6.45) is 1.95. The van der Waals surface area contributed by atoms with E-state index in [-0.39, 0.29) is 42.6 Å². The summed E-state index contributed by atoms with van der Waals surface area (Å²) in [5.41, 5.74) is 0.621. The molecule has 0 bridgehead atoms. The Labute approximate surface area is 175 Å². The van der Waals surface area contributed by atoms with Crippen LogP contribution in [0.25, 0.3) is 0 Å². The number of carbonyl (C=O) groups is 4. The Morgan fingerprint density at radius 3 is 2.62 bits per heavy atom. The first kappa shape index (κ1) is 22.9. The number of nitrogens with one attached hydrogen (secondary N) is 1. The molecular weight excluding hydrogens is 394 g/mol. The fourth-order valence-electron chi connectivity index (χ4n) is 3.14. The van der Waals surface area contributed by atoms with Crippen molar-refractivity contribution < 1.29 is 23.9 Å². The fraction of sp³-hybridized carbons (Fsp3) is 0.600. The minimum absolute atomic E-state index is 0.0180. The summed E-state index contributed by atoms with van der Waals surface area (Å²) in [7, 11) is 1.61. The summed E-state index contributed by atoms with van der Waals surface area (Å²) in [4.78, 5) is 51.4. The van der Waals surface area contributed by atoms with Gasteiger partial charge in [-0.2, -0.15) is 11.3 Å². The summed E-state index contributed by atoms with van der Waals surface area (Å²) in [6, 6.07) is 1.75. The number of thiophene rings is 1. The van der Waals surface area contributed by atoms with Crippen LogP contribution >= 0.6 is 11.3 Å². The zero-order valence-electron chi connectivity index (χ0n) is 17.0. The van der Waals surface area contributed by atoms with Gasteiger partial charge in [-0.15, -0.1) is 0 Å². The molecule has 8 nitrogen and oxygen atoms in total. The van der Waals surface area contributed by atoms with E-state index in [9.17, 15) is 19.2 Å². The molecule has 0 aromatic carbocycles. The summed E-state index contributed by atoms with van der Waals surface area (Å²) in [5, 5.41) is 6.39. The Bertz CT molecular complexity index is 699. The van der Waals surface area contributed by atoms with Gasteiger partial charge in [0.15, 0.2) is 0 Å². The van der Waals surface area contributed by atoms with E-state index in [4.69, 9.17) is 4.74 Å². The minimum Gasteiger partial charge on any atom is -0.466 e. The lowest BCUT2D eigenvalue weighted by atomic mass is 9.97. The second kappa shape index (κ2) is 11.5. The average Bonchev–Trinajstić information content (AvgIpc) is 3.26. The van der Waals surface area contributed by atoms with E-state index < -0.39 is 0 Å². The molecule has 3 amide bonds. The van der Waals surface area contributed by atoms with E-state index in [1.165, 1.54) is 16.2 Å². The highest BCUT2D eigenvalue weighted by atomic mass is 32.1. The number of likely N-dealkylation sites (tertiary alicyclic amines) is 1. The van der Waals surface area contributed by atoms with Crippen LogP contribution in [0.3, 0.4) is 0 Å². The number of rotatable bonds is 9. The molecule has 9 heteroatoms. The molecule has 2 heterocycles. The molecule has 0 unspecified atom stereocenters. The van der Waals surface area contributed by atoms with Crippen LogP contribution in [-0.2, 0) is 19.1 Å². The van der Waals surface area contributed by atoms with Gasteiger partial charge in [-0.25, -0.2) is 0 Å². The molecule has 29 heavy (non-hydrogen) atoms. The molecule has 1 aliphatic rings. The highest BCUT2D eigenvalue weighted by Gasteiger charge is 2.28. The molecule has 160 valence electrons. The molecular formula is C20H29N3O5S. The van der Waals surface area contributed by atoms with Crippen molar-refractivity contribution in [2.45, 2.75) is 32.6 Å². The van der Waals surface area contributed by atoms with E-state index >= 15 is 0 Å². The molecule has 2 rings (SSSR count). The van der Waals surface area contributed by atoms with Crippen LogP contribution in [0, 0.1) is 5.92 Å². The number of amides is 3. The van der Waals surface area contributed by atoms with Gasteiger partial charge in [0.1, 0.15) is 0 Å². The van der Waals surface area contributed by atoms with Crippen molar-refractivity contribution in [2.75, 3.05) is 39.8 Å². The Hall–Kier alpha value is -2.42. The van der Waals surface area contributed by atoms with Gasteiger partial charge in [-0.1, -0.05) is 0 Å². The standard InChI is InChI=1S/C20H29N3O5S/c1-3-28-20(27)15-6-10-23(11-7-15)18(25)13-22(2)17(24)5-4-9-21-19(26)16-8-12-29-14-16/h8,12,14-15H,3-7,9-11,13H2,1-2H3,(H,21,26). The number of hydrogen-bond acceptors (Lipinski definition) is 6. The summed E-state index contributed by atoms with van der Waals surface area (Å²) < 4.78 is 5.03. The zero-order chi connectivity index (χ0) is 21.2. The molecule has 1 fully saturated rings. The van der Waals surface area contributed by atoms with Crippen molar-refractivity contribution in [2.24, 2.45) is 5.92 Å². The molecule has 0 spiro atoms. The van der Waals surface area contributed by atoms with E-state index in [0.29, 0.717) is 51.1 Å². The predicted molar refractivity (Wildman–Crippen MR) is 109 cm³/mol. The van der Waals surface area contributed by atoms with Gasteiger partial charge in [-0.3, -0.25) is 19.2 Å². The molecule has 1 saturated heterocycles. The summed E-state index contributed by atoms with van der Waals surface area (Å²) in [5.74, 6) is -0.743. The van der Waals surface area contributed by atoms with Crippen molar-refractivity contribution >= 4 is 35.0 Å². The zero-order valence-corrected chi connectivity index (χ0v) is 17.8. The van der Waals surface area contributed by atoms with Gasteiger partial charge in [0, 0.05) is 44.0 Å². The minimum atomic E-state index is -0.196. The predicted octanol–water partition coefficient (Wildman–Crippen LogP) is 1.52. The van der Waals surface area contributed by atoms with Gasteiger partial charge in [0.05, 0.1) is 19.1 Å². The quantitative estimate of drug-likeness (QED) is 0.480. The van der Waals surface area contributed by atoms with Gasteiger partial charge in [0.25, 0.3) is 5.91 Å². The van der Waals surface area contributed by atoms with E-state index in [1.807, 2.05) is 5.38 Å². The van der Waals surface area contributed by atoms with Crippen LogP contribution < -0.4 is 5.32 Å². The summed E-state index contributed by atoms with van der Waals surface area (Å²) in [6.45, 7) is 3.56. The largest absolute Gasteiger partial charge is 0.466 e. The first-order valence-corrected chi connectivity index (χ1v) is 10.9. The maximum Gasteiger partial charge on any atom is 0.309 e. The molecule has 1 aromatic heterocycles. The van der Waals surface area contributed by atoms with Crippen molar-refractivity contribution in [3.63, 3.8) is 0 Å². The molecule has 0 radical (unpaired) electrons. The molecule has 0 saturated carbocycles. The van der Waals surface area contributed by atoms with Crippen LogP contribution in [0.1, 0.15) is 43.0 Å². The SMILES string of the molecule is CCOC(=O)C1CCN(C(=O)CN(C)C(=O)CCCNC(=O)c2ccsc2)CC1. The lowest BCUT2D eigenvalue weighted by Gasteiger charge is -2.32. The maximum atomic E-state index is 12.4. The molecule has 1 N–H and O–H groups in total. The van der Waals surface area contributed by atoms with Crippen molar-refractivity contribution in [1.29, 1.82) is 0 Å². The number of piperidine rings is 1. The normalized spacial score (nSPS) is 14.3. The van der Waals surface area contributed by atoms with Crippen LogP contribution in [0.5, 0.6) is 0 Å². The average molecular weight is 424 g/mol. The third-order valence-electron chi connectivity index (χ3n) is 4.90. The second-order valence-corrected chi connectivity index (χ2v) is 7.81. The number of ether oxygens (including phenoxy) is 1. The first-order chi connectivity index (χ1) is 13.9. The number of carbonyl (C=O) groups excluding carboxylic acids is 4. The molecule has 1 aromatic rings. The van der Waals surface area contributed by atoms with E-state index in [2.05, 4.69) is 5.32 Å². The van der Waals surface area contributed by atoms with E-state index in [1.54, 1.807) is 30.3 Å². The number of hydrogen-bond donors (Lipinski definition) is 1. The highest BCUT2D eigenvalue weighted by Crippen LogP contribution is 2.19. The van der Waals surface area contributed by atoms with Gasteiger partial charge >= 0.3 is 5.97 Å². The fourth-order valence-corrected chi connectivity index (χ4v) is 3.78. The molecule has 0 aliphatic carbocycles. The van der Waals surface area contributed by atoms with Gasteiger partial charge in [-0.05, 0) is 37.6 Å². The molecule has 0 atom stereocenters. The first-order valence-electron chi connectivity index (χ1n) is 9.91. The third kappa shape index (κ3) is 7.16. The number of likely N-dealkylation sites (N-methyl/N-ethyl adjacent to an activating group) is 1. The number of nitrogens with zero attached hydrogens (tertiary/aromatic N) is 2. The van der Waals surface area contributed by atoms with Gasteiger partial charge in [0.2, 0.25) is 11.8 Å². The number of esters is 1. The summed E-state index contributed by atoms with van der Waals surface area (Å²) >= 11 is 1.46. The smallest absolute Gasteiger partial charge is 0.309 e.